The highest BCUT2D eigenvalue weighted by molar-refractivity contribution is 5.95. The standard InChI is InChI=1S/C14H21N3O/c1-3-15-12-6-9-17(10-7-12)14(18)13-5-4-8-16-11(13)2/h4-5,8,12,15H,3,6-7,9-10H2,1-2H3. The lowest BCUT2D eigenvalue weighted by Crippen LogP contribution is -2.45. The molecule has 18 heavy (non-hydrogen) atoms. The van der Waals surface area contributed by atoms with Crippen LogP contribution in [0.25, 0.3) is 0 Å². The number of carbonyl (C=O) groups excluding carboxylic acids is 1. The Morgan fingerprint density at radius 1 is 1.50 bits per heavy atom. The number of hydrogen-bond acceptors (Lipinski definition) is 3. The molecule has 1 N–H and O–H groups in total. The highest BCUT2D eigenvalue weighted by Gasteiger charge is 2.23. The van der Waals surface area contributed by atoms with E-state index in [1.54, 1.807) is 6.20 Å². The molecule has 0 bridgehead atoms. The first kappa shape index (κ1) is 13.0. The van der Waals surface area contributed by atoms with Gasteiger partial charge in [-0.1, -0.05) is 6.92 Å². The van der Waals surface area contributed by atoms with Crippen molar-refractivity contribution in [2.75, 3.05) is 19.6 Å². The van der Waals surface area contributed by atoms with Crippen LogP contribution < -0.4 is 5.32 Å². The van der Waals surface area contributed by atoms with Crippen molar-refractivity contribution in [3.63, 3.8) is 0 Å². The van der Waals surface area contributed by atoms with E-state index >= 15 is 0 Å². The summed E-state index contributed by atoms with van der Waals surface area (Å²) in [4.78, 5) is 18.5. The lowest BCUT2D eigenvalue weighted by atomic mass is 10.0. The summed E-state index contributed by atoms with van der Waals surface area (Å²) in [6.45, 7) is 6.69. The summed E-state index contributed by atoms with van der Waals surface area (Å²) in [6, 6.07) is 4.25. The van der Waals surface area contributed by atoms with Crippen LogP contribution in [0.1, 0.15) is 35.8 Å². The molecule has 0 unspecified atom stereocenters. The molecule has 2 rings (SSSR count). The third kappa shape index (κ3) is 2.88. The summed E-state index contributed by atoms with van der Waals surface area (Å²) in [5.41, 5.74) is 1.55. The topological polar surface area (TPSA) is 45.2 Å². The highest BCUT2D eigenvalue weighted by Crippen LogP contribution is 2.15. The van der Waals surface area contributed by atoms with E-state index in [-0.39, 0.29) is 5.91 Å². The second-order valence-corrected chi connectivity index (χ2v) is 4.76. The van der Waals surface area contributed by atoms with Crippen molar-refractivity contribution in [1.82, 2.24) is 15.2 Å². The van der Waals surface area contributed by atoms with Gasteiger partial charge in [0.1, 0.15) is 0 Å². The fourth-order valence-corrected chi connectivity index (χ4v) is 2.46. The van der Waals surface area contributed by atoms with Gasteiger partial charge in [-0.25, -0.2) is 0 Å². The third-order valence-corrected chi connectivity index (χ3v) is 3.51. The first-order valence-electron chi connectivity index (χ1n) is 6.66. The van der Waals surface area contributed by atoms with E-state index in [2.05, 4.69) is 17.2 Å². The molecule has 0 saturated carbocycles. The van der Waals surface area contributed by atoms with E-state index in [1.165, 1.54) is 0 Å². The van der Waals surface area contributed by atoms with Crippen LogP contribution in [-0.2, 0) is 0 Å². The van der Waals surface area contributed by atoms with Crippen LogP contribution >= 0.6 is 0 Å². The lowest BCUT2D eigenvalue weighted by molar-refractivity contribution is 0.0704. The zero-order chi connectivity index (χ0) is 13.0. The first-order chi connectivity index (χ1) is 8.72. The van der Waals surface area contributed by atoms with Crippen molar-refractivity contribution >= 4 is 5.91 Å². The molecule has 0 radical (unpaired) electrons. The van der Waals surface area contributed by atoms with Gasteiger partial charge in [0.2, 0.25) is 0 Å². The van der Waals surface area contributed by atoms with Crippen molar-refractivity contribution in [2.45, 2.75) is 32.7 Å². The van der Waals surface area contributed by atoms with Gasteiger partial charge in [-0.05, 0) is 38.4 Å². The Balaban J connectivity index is 1.98. The quantitative estimate of drug-likeness (QED) is 0.882. The van der Waals surface area contributed by atoms with Crippen LogP contribution in [0.4, 0.5) is 0 Å². The van der Waals surface area contributed by atoms with Crippen LogP contribution in [0, 0.1) is 6.92 Å². The zero-order valence-electron chi connectivity index (χ0n) is 11.1. The van der Waals surface area contributed by atoms with Gasteiger partial charge in [-0.2, -0.15) is 0 Å². The molecule has 1 fully saturated rings. The van der Waals surface area contributed by atoms with E-state index in [1.807, 2.05) is 24.0 Å². The summed E-state index contributed by atoms with van der Waals surface area (Å²) in [7, 11) is 0. The fourth-order valence-electron chi connectivity index (χ4n) is 2.46. The Morgan fingerprint density at radius 3 is 2.83 bits per heavy atom. The summed E-state index contributed by atoms with van der Waals surface area (Å²) < 4.78 is 0. The number of aryl methyl sites for hydroxylation is 1. The molecular formula is C14H21N3O. The molecule has 1 aromatic heterocycles. The second-order valence-electron chi connectivity index (χ2n) is 4.76. The summed E-state index contributed by atoms with van der Waals surface area (Å²) in [6.07, 6.45) is 3.81. The van der Waals surface area contributed by atoms with Gasteiger partial charge >= 0.3 is 0 Å². The maximum atomic E-state index is 12.4. The molecule has 1 aliphatic rings. The van der Waals surface area contributed by atoms with Crippen LogP contribution in [0.15, 0.2) is 18.3 Å². The van der Waals surface area contributed by atoms with Gasteiger partial charge in [0.05, 0.1) is 5.56 Å². The molecule has 0 aliphatic carbocycles. The largest absolute Gasteiger partial charge is 0.338 e. The third-order valence-electron chi connectivity index (χ3n) is 3.51. The Kier molecular flexibility index (Phi) is 4.31. The summed E-state index contributed by atoms with van der Waals surface area (Å²) >= 11 is 0. The number of amides is 1. The van der Waals surface area contributed by atoms with Gasteiger partial charge in [0, 0.05) is 31.0 Å². The van der Waals surface area contributed by atoms with Gasteiger partial charge in [0.15, 0.2) is 0 Å². The van der Waals surface area contributed by atoms with Crippen LogP contribution in [0.5, 0.6) is 0 Å². The van der Waals surface area contributed by atoms with Gasteiger partial charge < -0.3 is 10.2 Å². The molecule has 0 atom stereocenters. The molecular weight excluding hydrogens is 226 g/mol. The average molecular weight is 247 g/mol. The number of nitrogens with zero attached hydrogens (tertiary/aromatic N) is 2. The first-order valence-corrected chi connectivity index (χ1v) is 6.66. The molecule has 2 heterocycles. The number of nitrogens with one attached hydrogen (secondary N) is 1. The Bertz CT molecular complexity index is 411. The summed E-state index contributed by atoms with van der Waals surface area (Å²) in [5, 5.41) is 3.44. The van der Waals surface area contributed by atoms with Crippen LogP contribution in [0.3, 0.4) is 0 Å². The molecule has 1 saturated heterocycles. The van der Waals surface area contributed by atoms with Crippen molar-refractivity contribution in [3.05, 3.63) is 29.6 Å². The van der Waals surface area contributed by atoms with Crippen molar-refractivity contribution in [2.24, 2.45) is 0 Å². The minimum Gasteiger partial charge on any atom is -0.338 e. The van der Waals surface area contributed by atoms with E-state index in [0.717, 1.165) is 43.7 Å². The molecule has 1 aliphatic heterocycles. The molecule has 4 nitrogen and oxygen atoms in total. The molecule has 0 aromatic carbocycles. The Morgan fingerprint density at radius 2 is 2.22 bits per heavy atom. The fraction of sp³-hybridized carbons (Fsp3) is 0.571. The van der Waals surface area contributed by atoms with E-state index < -0.39 is 0 Å². The second kappa shape index (κ2) is 5.96. The number of rotatable bonds is 3. The van der Waals surface area contributed by atoms with Gasteiger partial charge in [0.25, 0.3) is 5.91 Å². The van der Waals surface area contributed by atoms with Crippen molar-refractivity contribution < 1.29 is 4.79 Å². The molecule has 4 heteroatoms. The predicted octanol–water partition coefficient (Wildman–Crippen LogP) is 1.60. The number of carbonyl (C=O) groups is 1. The van der Waals surface area contributed by atoms with Crippen molar-refractivity contribution in [1.29, 1.82) is 0 Å². The van der Waals surface area contributed by atoms with Crippen LogP contribution in [0.2, 0.25) is 0 Å². The number of hydrogen-bond donors (Lipinski definition) is 1. The van der Waals surface area contributed by atoms with E-state index in [9.17, 15) is 4.79 Å². The Hall–Kier alpha value is -1.42. The van der Waals surface area contributed by atoms with Crippen molar-refractivity contribution in [3.8, 4) is 0 Å². The SMILES string of the molecule is CCNC1CCN(C(=O)c2cccnc2C)CC1. The summed E-state index contributed by atoms with van der Waals surface area (Å²) in [5.74, 6) is 0.121. The molecule has 1 amide bonds. The average Bonchev–Trinajstić information content (AvgIpc) is 2.40. The number of piperidine rings is 1. The molecule has 0 spiro atoms. The Labute approximate surface area is 108 Å². The monoisotopic (exact) mass is 247 g/mol. The maximum Gasteiger partial charge on any atom is 0.255 e. The number of likely N-dealkylation sites (tertiary alicyclic amines) is 1. The minimum atomic E-state index is 0.121. The van der Waals surface area contributed by atoms with Gasteiger partial charge in [-0.15, -0.1) is 0 Å². The number of aromatic nitrogens is 1. The molecule has 98 valence electrons. The maximum absolute atomic E-state index is 12.4. The number of pyridine rings is 1. The normalized spacial score (nSPS) is 16.9. The van der Waals surface area contributed by atoms with Gasteiger partial charge in [-0.3, -0.25) is 9.78 Å². The lowest BCUT2D eigenvalue weighted by Gasteiger charge is -2.32. The minimum absolute atomic E-state index is 0.121. The molecule has 1 aromatic rings. The smallest absolute Gasteiger partial charge is 0.255 e. The van der Waals surface area contributed by atoms with Crippen LogP contribution in [-0.4, -0.2) is 41.5 Å². The zero-order valence-corrected chi connectivity index (χ0v) is 11.1. The highest BCUT2D eigenvalue weighted by atomic mass is 16.2. The predicted molar refractivity (Wildman–Crippen MR) is 71.6 cm³/mol. The van der Waals surface area contributed by atoms with E-state index in [0.29, 0.717) is 6.04 Å². The van der Waals surface area contributed by atoms with E-state index in [4.69, 9.17) is 0 Å².